The van der Waals surface area contributed by atoms with Gasteiger partial charge < -0.3 is 4.74 Å². The molecule has 0 radical (unpaired) electrons. The first-order valence-corrected chi connectivity index (χ1v) is 6.12. The van der Waals surface area contributed by atoms with Gasteiger partial charge in [-0.1, -0.05) is 25.1 Å². The van der Waals surface area contributed by atoms with Crippen molar-refractivity contribution in [2.75, 3.05) is 0 Å². The minimum atomic E-state index is 0.303. The predicted molar refractivity (Wildman–Crippen MR) is 63.7 cm³/mol. The van der Waals surface area contributed by atoms with Gasteiger partial charge in [0.15, 0.2) is 0 Å². The van der Waals surface area contributed by atoms with E-state index in [1.54, 1.807) is 0 Å². The van der Waals surface area contributed by atoms with E-state index in [9.17, 15) is 0 Å². The van der Waals surface area contributed by atoms with E-state index in [1.807, 2.05) is 12.1 Å². The summed E-state index contributed by atoms with van der Waals surface area (Å²) in [5.41, 5.74) is 1.34. The molecule has 0 amide bonds. The van der Waals surface area contributed by atoms with Crippen LogP contribution in [0.5, 0.6) is 5.75 Å². The van der Waals surface area contributed by atoms with Gasteiger partial charge in [-0.05, 0) is 30.9 Å². The number of benzene rings is 1. The molecule has 0 fully saturated rings. The van der Waals surface area contributed by atoms with Crippen molar-refractivity contribution in [2.45, 2.75) is 44.1 Å². The molecule has 1 aromatic carbocycles. The number of fused-ring (bicyclic) bond motifs is 1. The Hall–Kier alpha value is -0.690. The van der Waals surface area contributed by atoms with Crippen molar-refractivity contribution in [2.24, 2.45) is 0 Å². The Morgan fingerprint density at radius 3 is 3.00 bits per heavy atom. The van der Waals surface area contributed by atoms with Gasteiger partial charge in [0.25, 0.3) is 0 Å². The first kappa shape index (κ1) is 10.8. The van der Waals surface area contributed by atoms with Gasteiger partial charge >= 0.3 is 0 Å². The number of alkyl halides is 1. The average Bonchev–Trinajstić information content (AvgIpc) is 2.68. The maximum absolute atomic E-state index is 6.10. The van der Waals surface area contributed by atoms with Gasteiger partial charge in [0.05, 0.1) is 0 Å². The molecule has 1 heterocycles. The van der Waals surface area contributed by atoms with Crippen LogP contribution in [0.4, 0.5) is 0 Å². The van der Waals surface area contributed by atoms with Crippen molar-refractivity contribution >= 4 is 11.6 Å². The van der Waals surface area contributed by atoms with Gasteiger partial charge in [0.1, 0.15) is 11.9 Å². The lowest BCUT2D eigenvalue weighted by atomic mass is 10.1. The summed E-state index contributed by atoms with van der Waals surface area (Å²) in [6, 6.07) is 8.29. The normalized spacial score (nSPS) is 20.8. The zero-order valence-electron chi connectivity index (χ0n) is 9.08. The zero-order valence-corrected chi connectivity index (χ0v) is 9.83. The summed E-state index contributed by atoms with van der Waals surface area (Å²) in [7, 11) is 0. The zero-order chi connectivity index (χ0) is 10.7. The Kier molecular flexibility index (Phi) is 3.53. The fourth-order valence-electron chi connectivity index (χ4n) is 1.99. The monoisotopic (exact) mass is 224 g/mol. The molecule has 2 unspecified atom stereocenters. The van der Waals surface area contributed by atoms with Crippen molar-refractivity contribution in [1.29, 1.82) is 0 Å². The van der Waals surface area contributed by atoms with Gasteiger partial charge in [-0.25, -0.2) is 0 Å². The van der Waals surface area contributed by atoms with Gasteiger partial charge in [-0.15, -0.1) is 11.6 Å². The molecule has 15 heavy (non-hydrogen) atoms. The smallest absolute Gasteiger partial charge is 0.123 e. The summed E-state index contributed by atoms with van der Waals surface area (Å²) in [4.78, 5) is 0. The summed E-state index contributed by atoms with van der Waals surface area (Å²) < 4.78 is 5.84. The van der Waals surface area contributed by atoms with E-state index in [2.05, 4.69) is 19.1 Å². The number of hydrogen-bond acceptors (Lipinski definition) is 1. The SMILES string of the molecule is CCC(Cl)CCC1Cc2ccccc2O1. The van der Waals surface area contributed by atoms with E-state index in [1.165, 1.54) is 5.56 Å². The van der Waals surface area contributed by atoms with E-state index in [4.69, 9.17) is 16.3 Å². The number of halogens is 1. The quantitative estimate of drug-likeness (QED) is 0.708. The number of para-hydroxylation sites is 1. The number of hydrogen-bond donors (Lipinski definition) is 0. The van der Waals surface area contributed by atoms with E-state index in [-0.39, 0.29) is 0 Å². The molecule has 0 spiro atoms. The maximum atomic E-state index is 6.10. The van der Waals surface area contributed by atoms with Crippen molar-refractivity contribution in [3.63, 3.8) is 0 Å². The molecular formula is C13H17ClO. The third kappa shape index (κ3) is 2.66. The Bertz CT molecular complexity index is 299. The second kappa shape index (κ2) is 4.89. The highest BCUT2D eigenvalue weighted by Gasteiger charge is 2.22. The fourth-order valence-corrected chi connectivity index (χ4v) is 2.11. The van der Waals surface area contributed by atoms with Crippen LogP contribution in [-0.4, -0.2) is 11.5 Å². The van der Waals surface area contributed by atoms with Crippen LogP contribution in [0.2, 0.25) is 0 Å². The minimum Gasteiger partial charge on any atom is -0.490 e. The fraction of sp³-hybridized carbons (Fsp3) is 0.538. The van der Waals surface area contributed by atoms with Crippen molar-refractivity contribution < 1.29 is 4.74 Å². The van der Waals surface area contributed by atoms with E-state index < -0.39 is 0 Å². The van der Waals surface area contributed by atoms with Crippen LogP contribution >= 0.6 is 11.6 Å². The summed E-state index contributed by atoms with van der Waals surface area (Å²) in [6.07, 6.45) is 4.55. The van der Waals surface area contributed by atoms with Crippen molar-refractivity contribution in [3.8, 4) is 5.75 Å². The second-order valence-electron chi connectivity index (χ2n) is 4.13. The molecule has 2 rings (SSSR count). The predicted octanol–water partition coefficient (Wildman–Crippen LogP) is 3.79. The summed E-state index contributed by atoms with van der Waals surface area (Å²) in [5, 5.41) is 0.303. The Labute approximate surface area is 96.4 Å². The Balaban J connectivity index is 1.85. The first-order valence-electron chi connectivity index (χ1n) is 5.68. The molecule has 0 bridgehead atoms. The van der Waals surface area contributed by atoms with Crippen LogP contribution in [0.15, 0.2) is 24.3 Å². The summed E-state index contributed by atoms with van der Waals surface area (Å²) in [6.45, 7) is 2.13. The highest BCUT2D eigenvalue weighted by atomic mass is 35.5. The third-order valence-electron chi connectivity index (χ3n) is 2.96. The molecule has 0 saturated heterocycles. The lowest BCUT2D eigenvalue weighted by Crippen LogP contribution is -2.14. The molecule has 2 atom stereocenters. The minimum absolute atomic E-state index is 0.303. The second-order valence-corrected chi connectivity index (χ2v) is 4.75. The summed E-state index contributed by atoms with van der Waals surface area (Å²) in [5.74, 6) is 1.06. The molecule has 82 valence electrons. The van der Waals surface area contributed by atoms with Crippen LogP contribution in [0.3, 0.4) is 0 Å². The molecule has 1 nitrogen and oxygen atoms in total. The molecule has 0 aromatic heterocycles. The molecule has 2 heteroatoms. The Morgan fingerprint density at radius 2 is 2.27 bits per heavy atom. The molecule has 0 N–H and O–H groups in total. The van der Waals surface area contributed by atoms with Crippen LogP contribution in [0.1, 0.15) is 31.7 Å². The molecular weight excluding hydrogens is 208 g/mol. The first-order chi connectivity index (χ1) is 7.29. The highest BCUT2D eigenvalue weighted by Crippen LogP contribution is 2.30. The van der Waals surface area contributed by atoms with E-state index >= 15 is 0 Å². The lowest BCUT2D eigenvalue weighted by Gasteiger charge is -2.12. The third-order valence-corrected chi connectivity index (χ3v) is 3.49. The van der Waals surface area contributed by atoms with Crippen LogP contribution in [0, 0.1) is 0 Å². The number of rotatable bonds is 4. The van der Waals surface area contributed by atoms with Crippen LogP contribution in [-0.2, 0) is 6.42 Å². The van der Waals surface area contributed by atoms with Gasteiger partial charge in [0.2, 0.25) is 0 Å². The van der Waals surface area contributed by atoms with Gasteiger partial charge in [-0.2, -0.15) is 0 Å². The van der Waals surface area contributed by atoms with Crippen LogP contribution in [0.25, 0.3) is 0 Å². The van der Waals surface area contributed by atoms with E-state index in [0.29, 0.717) is 11.5 Å². The average molecular weight is 225 g/mol. The molecule has 1 aliphatic heterocycles. The summed E-state index contributed by atoms with van der Waals surface area (Å²) >= 11 is 6.10. The van der Waals surface area contributed by atoms with Gasteiger partial charge in [-0.3, -0.25) is 0 Å². The molecule has 1 aromatic rings. The van der Waals surface area contributed by atoms with Crippen molar-refractivity contribution in [3.05, 3.63) is 29.8 Å². The highest BCUT2D eigenvalue weighted by molar-refractivity contribution is 6.20. The number of ether oxygens (including phenoxy) is 1. The lowest BCUT2D eigenvalue weighted by molar-refractivity contribution is 0.217. The largest absolute Gasteiger partial charge is 0.490 e. The standard InChI is InChI=1S/C13H17ClO/c1-2-11(14)7-8-12-9-10-5-3-4-6-13(10)15-12/h3-6,11-12H,2,7-9H2,1H3. The molecule has 0 aliphatic carbocycles. The molecule has 1 aliphatic rings. The van der Waals surface area contributed by atoms with Gasteiger partial charge in [0, 0.05) is 11.8 Å². The van der Waals surface area contributed by atoms with Crippen LogP contribution < -0.4 is 4.74 Å². The topological polar surface area (TPSA) is 9.23 Å². The van der Waals surface area contributed by atoms with Crippen molar-refractivity contribution in [1.82, 2.24) is 0 Å². The Morgan fingerprint density at radius 1 is 1.47 bits per heavy atom. The molecule has 0 saturated carbocycles. The van der Waals surface area contributed by atoms with E-state index in [0.717, 1.165) is 31.4 Å². The maximum Gasteiger partial charge on any atom is 0.123 e.